The molecule has 0 saturated heterocycles. The normalized spacial score (nSPS) is 16.5. The van der Waals surface area contributed by atoms with Gasteiger partial charge in [0, 0.05) is 37.1 Å². The Bertz CT molecular complexity index is 3090. The first-order chi connectivity index (χ1) is 27.3. The largest absolute Gasteiger partial charge is 0.310 e. The summed E-state index contributed by atoms with van der Waals surface area (Å²) in [5.41, 5.74) is 16.8. The molecular formula is C53H35NS. The number of anilines is 3. The second-order valence-electron chi connectivity index (χ2n) is 15.0. The van der Waals surface area contributed by atoms with Crippen LogP contribution in [0, 0.1) is 0 Å². The van der Waals surface area contributed by atoms with Crippen LogP contribution in [-0.2, 0) is 5.41 Å². The van der Waals surface area contributed by atoms with Crippen LogP contribution in [0.3, 0.4) is 0 Å². The summed E-state index contributed by atoms with van der Waals surface area (Å²) in [6, 6.07) is 65.8. The zero-order valence-corrected chi connectivity index (χ0v) is 31.0. The molecular weight excluding hydrogens is 683 g/mol. The first-order valence-electron chi connectivity index (χ1n) is 19.3. The summed E-state index contributed by atoms with van der Waals surface area (Å²) in [5.74, 6) is 0. The van der Waals surface area contributed by atoms with Crippen LogP contribution >= 0.6 is 11.3 Å². The molecule has 0 bridgehead atoms. The third-order valence-corrected chi connectivity index (χ3v) is 13.5. The minimum Gasteiger partial charge on any atom is -0.310 e. The fourth-order valence-corrected chi connectivity index (χ4v) is 11.4. The van der Waals surface area contributed by atoms with E-state index in [1.54, 1.807) is 0 Å². The number of hydrogen-bond donors (Lipinski definition) is 0. The maximum Gasteiger partial charge on any atom is 0.0715 e. The van der Waals surface area contributed by atoms with Crippen molar-refractivity contribution in [3.63, 3.8) is 0 Å². The minimum atomic E-state index is -0.429. The standard InChI is InChI=1S/C53H35NS/c1-2-15-36(16-3-1)54(37-31-28-35(29-32-37)38-21-13-27-49-50(38)44-20-8-11-26-48(44)55-49)47-25-12-22-42-43-33-30-34-14-4-5-17-39(34)51(43)53(52(42)47)45-23-9-6-18-40(45)41-19-7-10-24-46(41)53/h1-9,11-23,25-33H,10,24H2. The van der Waals surface area contributed by atoms with Crippen molar-refractivity contribution in [3.05, 3.63) is 216 Å². The van der Waals surface area contributed by atoms with Crippen molar-refractivity contribution >= 4 is 64.9 Å². The second-order valence-corrected chi connectivity index (χ2v) is 16.1. The highest BCUT2D eigenvalue weighted by atomic mass is 32.1. The molecule has 55 heavy (non-hydrogen) atoms. The van der Waals surface area contributed by atoms with Gasteiger partial charge >= 0.3 is 0 Å². The number of nitrogens with zero attached hydrogens (tertiary/aromatic N) is 1. The summed E-state index contributed by atoms with van der Waals surface area (Å²) in [7, 11) is 0. The lowest BCUT2D eigenvalue weighted by atomic mass is 9.66. The highest BCUT2D eigenvalue weighted by Gasteiger charge is 2.55. The molecule has 1 unspecified atom stereocenters. The van der Waals surface area contributed by atoms with Gasteiger partial charge in [0.2, 0.25) is 0 Å². The van der Waals surface area contributed by atoms with Crippen LogP contribution < -0.4 is 4.90 Å². The van der Waals surface area contributed by atoms with Crippen LogP contribution in [-0.4, -0.2) is 0 Å². The molecule has 0 amide bonds. The van der Waals surface area contributed by atoms with E-state index in [1.807, 2.05) is 11.3 Å². The fourth-order valence-electron chi connectivity index (χ4n) is 10.3. The van der Waals surface area contributed by atoms with Crippen LogP contribution in [0.5, 0.6) is 0 Å². The van der Waals surface area contributed by atoms with Gasteiger partial charge in [-0.05, 0) is 116 Å². The smallest absolute Gasteiger partial charge is 0.0715 e. The molecule has 1 aromatic heterocycles. The molecule has 9 aromatic rings. The van der Waals surface area contributed by atoms with Gasteiger partial charge in [-0.3, -0.25) is 0 Å². The van der Waals surface area contributed by atoms with Gasteiger partial charge in [0.15, 0.2) is 0 Å². The molecule has 0 fully saturated rings. The Hall–Kier alpha value is -6.48. The Labute approximate surface area is 324 Å². The summed E-state index contributed by atoms with van der Waals surface area (Å²) in [4.78, 5) is 2.51. The number of fused-ring (bicyclic) bond motifs is 14. The van der Waals surface area contributed by atoms with Crippen LogP contribution in [0.1, 0.15) is 35.1 Å². The second kappa shape index (κ2) is 11.8. The molecule has 0 aliphatic heterocycles. The molecule has 1 heterocycles. The van der Waals surface area contributed by atoms with Gasteiger partial charge in [0.1, 0.15) is 0 Å². The van der Waals surface area contributed by atoms with E-state index in [0.29, 0.717) is 0 Å². The van der Waals surface area contributed by atoms with E-state index in [9.17, 15) is 0 Å². The SMILES string of the molecule is C1=CC2=C(CC1)C1(c3ccccc32)c2c(cccc2N(c2ccccc2)c2ccc(-c3cccc4sc5ccccc5c34)cc2)-c2ccc3ccccc3c21. The van der Waals surface area contributed by atoms with Gasteiger partial charge in [-0.2, -0.15) is 0 Å². The predicted molar refractivity (Wildman–Crippen MR) is 234 cm³/mol. The van der Waals surface area contributed by atoms with E-state index in [4.69, 9.17) is 0 Å². The van der Waals surface area contributed by atoms with Crippen LogP contribution in [0.2, 0.25) is 0 Å². The lowest BCUT2D eigenvalue weighted by Gasteiger charge is -2.38. The number of rotatable bonds is 4. The average molecular weight is 718 g/mol. The molecule has 8 aromatic carbocycles. The summed E-state index contributed by atoms with van der Waals surface area (Å²) < 4.78 is 2.66. The maximum atomic E-state index is 2.51. The molecule has 258 valence electrons. The maximum absolute atomic E-state index is 2.51. The topological polar surface area (TPSA) is 3.24 Å². The monoisotopic (exact) mass is 717 g/mol. The highest BCUT2D eigenvalue weighted by molar-refractivity contribution is 7.25. The lowest BCUT2D eigenvalue weighted by Crippen LogP contribution is -2.30. The van der Waals surface area contributed by atoms with E-state index in [-0.39, 0.29) is 0 Å². The molecule has 3 aliphatic carbocycles. The van der Waals surface area contributed by atoms with Gasteiger partial charge < -0.3 is 4.90 Å². The summed E-state index contributed by atoms with van der Waals surface area (Å²) in [6.07, 6.45) is 6.85. The lowest BCUT2D eigenvalue weighted by molar-refractivity contribution is 0.719. The predicted octanol–water partition coefficient (Wildman–Crippen LogP) is 14.8. The first kappa shape index (κ1) is 30.9. The molecule has 1 atom stereocenters. The van der Waals surface area contributed by atoms with E-state index in [2.05, 4.69) is 193 Å². The van der Waals surface area contributed by atoms with E-state index < -0.39 is 5.41 Å². The zero-order valence-electron chi connectivity index (χ0n) is 30.2. The van der Waals surface area contributed by atoms with Gasteiger partial charge in [-0.25, -0.2) is 0 Å². The molecule has 0 saturated carbocycles. The number of benzene rings is 8. The quantitative estimate of drug-likeness (QED) is 0.175. The summed E-state index contributed by atoms with van der Waals surface area (Å²) in [6.45, 7) is 0. The van der Waals surface area contributed by atoms with E-state index in [0.717, 1.165) is 24.2 Å². The Morgan fingerprint density at radius 2 is 1.18 bits per heavy atom. The first-order valence-corrected chi connectivity index (χ1v) is 20.1. The van der Waals surface area contributed by atoms with Crippen molar-refractivity contribution in [2.45, 2.75) is 18.3 Å². The van der Waals surface area contributed by atoms with Gasteiger partial charge in [0.05, 0.1) is 11.1 Å². The Balaban J connectivity index is 1.13. The van der Waals surface area contributed by atoms with E-state index >= 15 is 0 Å². The minimum absolute atomic E-state index is 0.429. The van der Waals surface area contributed by atoms with Gasteiger partial charge in [-0.15, -0.1) is 11.3 Å². The summed E-state index contributed by atoms with van der Waals surface area (Å²) in [5, 5.41) is 5.30. The van der Waals surface area contributed by atoms with Crippen molar-refractivity contribution in [2.75, 3.05) is 4.90 Å². The Kier molecular flexibility index (Phi) is 6.61. The van der Waals surface area contributed by atoms with Crippen LogP contribution in [0.4, 0.5) is 17.1 Å². The summed E-state index contributed by atoms with van der Waals surface area (Å²) >= 11 is 1.88. The third-order valence-electron chi connectivity index (χ3n) is 12.4. The van der Waals surface area contributed by atoms with Gasteiger partial charge in [-0.1, -0.05) is 146 Å². The molecule has 3 aliphatic rings. The van der Waals surface area contributed by atoms with Crippen molar-refractivity contribution in [3.8, 4) is 22.3 Å². The Morgan fingerprint density at radius 1 is 0.491 bits per heavy atom. The Morgan fingerprint density at radius 3 is 2.09 bits per heavy atom. The third kappa shape index (κ3) is 4.23. The zero-order chi connectivity index (χ0) is 36.1. The number of thiophene rings is 1. The van der Waals surface area contributed by atoms with Crippen LogP contribution in [0.15, 0.2) is 194 Å². The molecule has 2 heteroatoms. The molecule has 0 radical (unpaired) electrons. The molecule has 0 N–H and O–H groups in total. The van der Waals surface area contributed by atoms with Crippen LogP contribution in [0.25, 0.3) is 58.8 Å². The van der Waals surface area contributed by atoms with Crippen molar-refractivity contribution in [2.24, 2.45) is 0 Å². The molecule has 1 nitrogen and oxygen atoms in total. The number of allylic oxidation sites excluding steroid dienone is 4. The fraction of sp³-hybridized carbons (Fsp3) is 0.0566. The van der Waals surface area contributed by atoms with Gasteiger partial charge in [0.25, 0.3) is 0 Å². The molecule has 12 rings (SSSR count). The average Bonchev–Trinajstić information content (AvgIpc) is 3.89. The van der Waals surface area contributed by atoms with Crippen molar-refractivity contribution < 1.29 is 0 Å². The number of para-hydroxylation sites is 1. The van der Waals surface area contributed by atoms with Crippen molar-refractivity contribution in [1.82, 2.24) is 0 Å². The molecule has 1 spiro atoms. The van der Waals surface area contributed by atoms with E-state index in [1.165, 1.54) is 92.3 Å². The van der Waals surface area contributed by atoms with Crippen molar-refractivity contribution in [1.29, 1.82) is 0 Å². The highest BCUT2D eigenvalue weighted by Crippen LogP contribution is 2.67. The number of hydrogen-bond acceptors (Lipinski definition) is 2.